The topological polar surface area (TPSA) is 161 Å². The standard InChI is InChI=1S/C6H11NO.4C5H8N2.C4H6N2.4C2H6.CH3Cl.2CH4O.5B.H12P10.H11P9.H10P8.H9P7.H8P6.H7P5.H5P3/c1-6(8)4-5-7(2)3;2*1-5-3-4-7(2)6-5;2*1-5-3-4-6-7(5)2;1-4-2-3-5-6-4;7*1-2;;;;;;1-7(2)10(8(3)4)9(5)6;1-6-9(7(2)3)8(4)5;1-6(2)8(5)7(3)4;1-5-7(4)6(2)3;1-5(2)6(3)4;1-4-5(2)3;1-3-2/h4-5H,1-3H3;4*3-4H,1-2H3;2-3H,1H3,(H,5,6);4*1-2H3;1H3;2*2H,1H3;;;;;;1-6H2;6H,1-5H2;1-5H2;5H,1-4H2;1-4H2;4H,1-3H2;3H,1-2H2. The summed E-state index contributed by atoms with van der Waals surface area (Å²) in [6.07, 6.45) is 13.9. The Bertz CT molecular complexity index is 2160. The Kier molecular flexibility index (Phi) is 224. The van der Waals surface area contributed by atoms with Gasteiger partial charge in [0.25, 0.3) is 0 Å². The molecule has 0 aromatic carbocycles. The van der Waals surface area contributed by atoms with E-state index in [2.05, 4.69) is 301 Å². The van der Waals surface area contributed by atoms with E-state index < -0.39 is 0 Å². The van der Waals surface area contributed by atoms with Crippen molar-refractivity contribution >= 4 is 455 Å². The molecule has 5 heterocycles. The smallest absolute Gasteiger partial charge is 0.154 e. The van der Waals surface area contributed by atoms with Crippen LogP contribution in [-0.2, 0) is 33.0 Å². The molecule has 0 aliphatic heterocycles. The van der Waals surface area contributed by atoms with E-state index in [-0.39, 0.29) is 146 Å². The molecular formula is C41H146B5ClN11O3P48. The molecule has 0 fully saturated rings. The third-order valence-electron chi connectivity index (χ3n) is 7.52. The van der Waals surface area contributed by atoms with Gasteiger partial charge in [-0.3, -0.25) is 28.6 Å². The zero-order valence-corrected chi connectivity index (χ0v) is 120. The van der Waals surface area contributed by atoms with E-state index in [1.165, 1.54) is 30.8 Å². The van der Waals surface area contributed by atoms with Crippen molar-refractivity contribution in [3.63, 3.8) is 0 Å². The van der Waals surface area contributed by atoms with Crippen molar-refractivity contribution in [2.45, 2.75) is 96.9 Å². The van der Waals surface area contributed by atoms with Gasteiger partial charge in [-0.15, -0.1) is 271 Å². The number of alkyl halides is 1. The van der Waals surface area contributed by atoms with Gasteiger partial charge >= 0.3 is 0 Å². The van der Waals surface area contributed by atoms with Gasteiger partial charge in [-0.2, -0.15) is 25.5 Å². The second-order valence-electron chi connectivity index (χ2n) is 15.6. The van der Waals surface area contributed by atoms with Crippen LogP contribution in [0.1, 0.15) is 90.8 Å². The number of aliphatic hydroxyl groups is 2. The number of aromatic nitrogens is 10. The Morgan fingerprint density at radius 3 is 0.780 bits per heavy atom. The number of ketones is 1. The van der Waals surface area contributed by atoms with Gasteiger partial charge in [0.05, 0.1) is 11.4 Å². The molecular weight excluding hydrogens is 2270 g/mol. The Morgan fingerprint density at radius 1 is 0.459 bits per heavy atom. The van der Waals surface area contributed by atoms with Gasteiger partial charge in [0, 0.05) is 159 Å². The molecule has 0 spiro atoms. The molecule has 5 aromatic rings. The summed E-state index contributed by atoms with van der Waals surface area (Å²) >= 11 is 4.64. The summed E-state index contributed by atoms with van der Waals surface area (Å²) < 4.78 is 7.24. The van der Waals surface area contributed by atoms with Gasteiger partial charge in [-0.1, -0.05) is 87.2 Å². The summed E-state index contributed by atoms with van der Waals surface area (Å²) in [5.74, 6) is 0.0821. The van der Waals surface area contributed by atoms with Crippen molar-refractivity contribution in [2.24, 2.45) is 28.2 Å². The average Bonchev–Trinajstić information content (AvgIpc) is 1.90. The van der Waals surface area contributed by atoms with Crippen LogP contribution >= 0.6 is 407 Å². The highest BCUT2D eigenvalue weighted by Crippen LogP contribution is 3.11. The SMILES string of the molecule is CC.CC.CC.CC.CC(=O)C=CN(C)C.CCl.CO.CO.Cc1ccn(C)n1.Cc1ccn(C)n1.Cc1ccn[nH]1.Cc1ccnn1C.Cc1ccnn1C.PP(P)P(P(P)P)P(P)P.PP(P)P(P)P.PP(P)P(P)P(P)P.PPP.PPP(P(P)P)P(P)P.PPP(P)P.PPP(P)P(P)P.[B].[B].[B].[B].[B]. The van der Waals surface area contributed by atoms with Crippen molar-refractivity contribution < 1.29 is 15.0 Å². The Balaban J connectivity index is -0.0000000431. The lowest BCUT2D eigenvalue weighted by Gasteiger charge is -2.27. The maximum absolute atomic E-state index is 10.2. The molecule has 0 aliphatic rings. The number of halogens is 1. The van der Waals surface area contributed by atoms with E-state index in [4.69, 9.17) is 10.2 Å². The van der Waals surface area contributed by atoms with E-state index in [0.29, 0.717) is 6.99 Å². The maximum Gasteiger partial charge on any atom is 0.154 e. The predicted molar refractivity (Wildman–Crippen MR) is 689 cm³/mol. The second-order valence-corrected chi connectivity index (χ2v) is 171. The van der Waals surface area contributed by atoms with Gasteiger partial charge in [-0.25, -0.2) is 0 Å². The number of aliphatic hydroxyl groups excluding tert-OH is 2. The first-order valence-electron chi connectivity index (χ1n) is 28.7. The first kappa shape index (κ1) is 175. The quantitative estimate of drug-likeness (QED) is 0.0425. The third-order valence-corrected chi connectivity index (χ3v) is 203. The van der Waals surface area contributed by atoms with Gasteiger partial charge < -0.3 is 15.1 Å². The number of nitrogens with one attached hydrogen (secondary N) is 1. The number of hydrogen-bond donors (Lipinski definition) is 3. The third kappa shape index (κ3) is 159. The van der Waals surface area contributed by atoms with Crippen molar-refractivity contribution in [3.05, 3.63) is 102 Å². The van der Waals surface area contributed by atoms with Crippen LogP contribution in [0.25, 0.3) is 0 Å². The molecule has 109 heavy (non-hydrogen) atoms. The van der Waals surface area contributed by atoms with Gasteiger partial charge in [-0.05, 0) is 183 Å². The van der Waals surface area contributed by atoms with Crippen LogP contribution in [-0.4, -0.2) is 147 Å². The Morgan fingerprint density at radius 2 is 0.743 bits per heavy atom. The van der Waals surface area contributed by atoms with Crippen molar-refractivity contribution in [1.82, 2.24) is 54.2 Å². The van der Waals surface area contributed by atoms with E-state index in [1.807, 2.05) is 189 Å². The molecule has 0 saturated carbocycles. The van der Waals surface area contributed by atoms with E-state index in [0.717, 1.165) is 63.1 Å². The van der Waals surface area contributed by atoms with Gasteiger partial charge in [0.1, 0.15) is 0 Å². The van der Waals surface area contributed by atoms with Gasteiger partial charge in [0.15, 0.2) is 5.78 Å². The molecule has 0 aliphatic carbocycles. The average molecular weight is 2420 g/mol. The fourth-order valence-electron chi connectivity index (χ4n) is 3.32. The number of aromatic amines is 1. The van der Waals surface area contributed by atoms with Crippen LogP contribution in [0.3, 0.4) is 0 Å². The van der Waals surface area contributed by atoms with Crippen LogP contribution in [0, 0.1) is 34.6 Å². The lowest BCUT2D eigenvalue weighted by Crippen LogP contribution is -2.01. The first-order valence-corrected chi connectivity index (χ1v) is 110. The van der Waals surface area contributed by atoms with E-state index in [1.54, 1.807) is 34.2 Å². The molecule has 33 atom stereocenters. The summed E-state index contributed by atoms with van der Waals surface area (Å²) in [6.45, 7) is 30.2. The van der Waals surface area contributed by atoms with Crippen LogP contribution in [0.15, 0.2) is 73.6 Å². The summed E-state index contributed by atoms with van der Waals surface area (Å²) in [6, 6.07) is 9.81. The lowest BCUT2D eigenvalue weighted by atomic mass is 10.4. The van der Waals surface area contributed by atoms with E-state index >= 15 is 0 Å². The molecule has 68 heteroatoms. The Labute approximate surface area is 777 Å². The fraction of sp³-hybridized carbons (Fsp3) is 0.561. The van der Waals surface area contributed by atoms with Crippen LogP contribution in [0.2, 0.25) is 0 Å². The summed E-state index contributed by atoms with van der Waals surface area (Å²) in [7, 11) is 100.0. The van der Waals surface area contributed by atoms with Crippen LogP contribution < -0.4 is 0 Å². The zero-order valence-electron chi connectivity index (χ0n) is 67.9. The van der Waals surface area contributed by atoms with Crippen molar-refractivity contribution in [3.8, 4) is 0 Å². The number of hydrogen-bond acceptors (Lipinski definition) is 9. The summed E-state index contributed by atoms with van der Waals surface area (Å²) in [5.41, 5.74) is 5.64. The van der Waals surface area contributed by atoms with Crippen LogP contribution in [0.4, 0.5) is 0 Å². The molecule has 0 saturated heterocycles. The highest BCUT2D eigenvalue weighted by Gasteiger charge is 2.21. The first-order chi connectivity index (χ1) is 48.3. The number of aryl methyl sites for hydroxylation is 9. The van der Waals surface area contributed by atoms with E-state index in [9.17, 15) is 4.79 Å². The monoisotopic (exact) mass is 2420 g/mol. The second kappa shape index (κ2) is 140. The number of allylic oxidation sites excluding steroid dienone is 1. The lowest BCUT2D eigenvalue weighted by molar-refractivity contribution is -0.112. The predicted octanol–water partition coefficient (Wildman–Crippen LogP) is 31.3. The molecule has 33 unspecified atom stereocenters. The molecule has 0 amide bonds. The molecule has 3 N–H and O–H groups in total. The molecule has 645 valence electrons. The van der Waals surface area contributed by atoms with Gasteiger partial charge in [0.2, 0.25) is 0 Å². The number of carbonyl (C=O) groups excluding carboxylic acids is 1. The fourth-order valence-corrected chi connectivity index (χ4v) is 196. The van der Waals surface area contributed by atoms with Crippen molar-refractivity contribution in [2.75, 3.05) is 34.7 Å². The number of carbonyl (C=O) groups is 1. The minimum absolute atomic E-state index is 0. The maximum atomic E-state index is 10.2. The minimum Gasteiger partial charge on any atom is -0.400 e. The highest BCUT2D eigenvalue weighted by atomic mass is 35.5. The number of nitrogens with zero attached hydrogens (tertiary/aromatic N) is 10. The normalized spacial score (nSPS) is 9.55. The number of rotatable bonds is 14. The van der Waals surface area contributed by atoms with Crippen LogP contribution in [0.5, 0.6) is 0 Å². The van der Waals surface area contributed by atoms with Crippen molar-refractivity contribution in [1.29, 1.82) is 0 Å². The molecule has 15 radical (unpaired) electrons. The largest absolute Gasteiger partial charge is 0.400 e. The summed E-state index contributed by atoms with van der Waals surface area (Å²) in [5, 5.41) is 36.4. The number of H-pyrrole nitrogens is 1. The zero-order chi connectivity index (χ0) is 86.6. The molecule has 5 aromatic heterocycles. The molecule has 14 nitrogen and oxygen atoms in total. The summed E-state index contributed by atoms with van der Waals surface area (Å²) in [4.78, 5) is 12.1. The Hall–Kier alpha value is 16.4. The molecule has 0 bridgehead atoms. The highest BCUT2D eigenvalue weighted by molar-refractivity contribution is 9.16. The molecule has 5 rings (SSSR count). The minimum atomic E-state index is 0.